The van der Waals surface area contributed by atoms with E-state index in [2.05, 4.69) is 29.1 Å². The highest BCUT2D eigenvalue weighted by atomic mass is 32.2. The second-order valence-electron chi connectivity index (χ2n) is 7.96. The Morgan fingerprint density at radius 3 is 2.75 bits per heavy atom. The number of carbonyl (C=O) groups excluding carboxylic acids is 1. The standard InChI is InChI=1S/C23H30N4O4S/c1-14(2)9-10-27-22(29)20-17(11-15(3)25-20)26-23(27)32-13-19(28)24-12-16-7-6-8-18(30-4)21(16)31-5/h6-8,11,14,25H,9-10,12-13H2,1-5H3,(H,24,28). The Morgan fingerprint density at radius 2 is 2.06 bits per heavy atom. The Hall–Kier alpha value is -2.94. The van der Waals surface area contributed by atoms with Crippen LogP contribution in [0.15, 0.2) is 34.2 Å². The van der Waals surface area contributed by atoms with Gasteiger partial charge in [0.25, 0.3) is 5.56 Å². The number of nitrogens with zero attached hydrogens (tertiary/aromatic N) is 2. The normalized spacial score (nSPS) is 11.2. The van der Waals surface area contributed by atoms with E-state index in [-0.39, 0.29) is 17.2 Å². The summed E-state index contributed by atoms with van der Waals surface area (Å²) in [6, 6.07) is 7.38. The van der Waals surface area contributed by atoms with Crippen molar-refractivity contribution < 1.29 is 14.3 Å². The number of aromatic nitrogens is 3. The molecule has 3 rings (SSSR count). The number of aryl methyl sites for hydroxylation is 1. The van der Waals surface area contributed by atoms with Crippen molar-refractivity contribution in [2.45, 2.75) is 45.4 Å². The fraction of sp³-hybridized carbons (Fsp3) is 0.435. The zero-order chi connectivity index (χ0) is 23.3. The zero-order valence-electron chi connectivity index (χ0n) is 19.2. The van der Waals surface area contributed by atoms with Crippen molar-refractivity contribution in [3.63, 3.8) is 0 Å². The molecule has 32 heavy (non-hydrogen) atoms. The predicted molar refractivity (Wildman–Crippen MR) is 127 cm³/mol. The minimum atomic E-state index is -0.158. The molecule has 0 radical (unpaired) electrons. The van der Waals surface area contributed by atoms with Crippen molar-refractivity contribution in [2.24, 2.45) is 5.92 Å². The third-order valence-corrected chi connectivity index (χ3v) is 6.04. The van der Waals surface area contributed by atoms with Crippen LogP contribution in [-0.4, -0.2) is 40.4 Å². The van der Waals surface area contributed by atoms with Gasteiger partial charge in [0.2, 0.25) is 5.91 Å². The molecule has 1 amide bonds. The van der Waals surface area contributed by atoms with E-state index < -0.39 is 0 Å². The van der Waals surface area contributed by atoms with Crippen LogP contribution >= 0.6 is 11.8 Å². The minimum Gasteiger partial charge on any atom is -0.493 e. The van der Waals surface area contributed by atoms with Crippen LogP contribution in [0.25, 0.3) is 11.0 Å². The van der Waals surface area contributed by atoms with E-state index >= 15 is 0 Å². The highest BCUT2D eigenvalue weighted by Crippen LogP contribution is 2.30. The molecule has 8 nitrogen and oxygen atoms in total. The van der Waals surface area contributed by atoms with Gasteiger partial charge < -0.3 is 19.8 Å². The second-order valence-corrected chi connectivity index (χ2v) is 8.91. The lowest BCUT2D eigenvalue weighted by Crippen LogP contribution is -2.27. The maximum absolute atomic E-state index is 13.0. The van der Waals surface area contributed by atoms with E-state index in [1.165, 1.54) is 11.8 Å². The lowest BCUT2D eigenvalue weighted by molar-refractivity contribution is -0.118. The van der Waals surface area contributed by atoms with Gasteiger partial charge >= 0.3 is 0 Å². The minimum absolute atomic E-state index is 0.104. The fourth-order valence-electron chi connectivity index (χ4n) is 3.37. The first-order chi connectivity index (χ1) is 15.3. The first kappa shape index (κ1) is 23.7. The number of carbonyl (C=O) groups is 1. The summed E-state index contributed by atoms with van der Waals surface area (Å²) in [6.07, 6.45) is 0.849. The summed E-state index contributed by atoms with van der Waals surface area (Å²) in [5.41, 5.74) is 2.73. The lowest BCUT2D eigenvalue weighted by Gasteiger charge is -2.14. The number of thioether (sulfide) groups is 1. The van der Waals surface area contributed by atoms with E-state index in [9.17, 15) is 9.59 Å². The van der Waals surface area contributed by atoms with Crippen molar-refractivity contribution in [2.75, 3.05) is 20.0 Å². The Kier molecular flexibility index (Phi) is 7.84. The Labute approximate surface area is 191 Å². The average Bonchev–Trinajstić information content (AvgIpc) is 3.15. The molecule has 0 saturated heterocycles. The van der Waals surface area contributed by atoms with Gasteiger partial charge in [0.15, 0.2) is 16.7 Å². The number of fused-ring (bicyclic) bond motifs is 1. The molecular weight excluding hydrogens is 428 g/mol. The molecule has 0 bridgehead atoms. The number of H-pyrrole nitrogens is 1. The number of methoxy groups -OCH3 is 2. The van der Waals surface area contributed by atoms with Gasteiger partial charge in [-0.15, -0.1) is 0 Å². The van der Waals surface area contributed by atoms with Crippen molar-refractivity contribution in [3.05, 3.63) is 45.9 Å². The van der Waals surface area contributed by atoms with E-state index in [0.29, 0.717) is 46.7 Å². The van der Waals surface area contributed by atoms with Crippen LogP contribution in [0.2, 0.25) is 0 Å². The second kappa shape index (κ2) is 10.6. The van der Waals surface area contributed by atoms with E-state index in [0.717, 1.165) is 17.7 Å². The summed E-state index contributed by atoms with van der Waals surface area (Å²) in [5.74, 6) is 1.65. The van der Waals surface area contributed by atoms with Crippen LogP contribution < -0.4 is 20.3 Å². The maximum Gasteiger partial charge on any atom is 0.278 e. The van der Waals surface area contributed by atoms with Gasteiger partial charge in [-0.2, -0.15) is 0 Å². The number of ether oxygens (including phenoxy) is 2. The molecule has 0 saturated carbocycles. The topological polar surface area (TPSA) is 98.2 Å². The first-order valence-electron chi connectivity index (χ1n) is 10.5. The summed E-state index contributed by atoms with van der Waals surface area (Å²) in [7, 11) is 3.14. The number of benzene rings is 1. The number of hydrogen-bond acceptors (Lipinski definition) is 6. The summed E-state index contributed by atoms with van der Waals surface area (Å²) in [4.78, 5) is 33.3. The zero-order valence-corrected chi connectivity index (χ0v) is 20.0. The number of hydrogen-bond donors (Lipinski definition) is 2. The van der Waals surface area contributed by atoms with Crippen LogP contribution in [0.4, 0.5) is 0 Å². The van der Waals surface area contributed by atoms with Crippen LogP contribution in [0, 0.1) is 12.8 Å². The molecule has 0 aliphatic heterocycles. The molecule has 0 spiro atoms. The number of rotatable bonds is 10. The summed E-state index contributed by atoms with van der Waals surface area (Å²) in [6.45, 7) is 6.99. The van der Waals surface area contributed by atoms with Crippen molar-refractivity contribution in [1.29, 1.82) is 0 Å². The van der Waals surface area contributed by atoms with Gasteiger partial charge in [0.05, 0.1) is 25.5 Å². The highest BCUT2D eigenvalue weighted by molar-refractivity contribution is 7.99. The average molecular weight is 459 g/mol. The molecular formula is C23H30N4O4S. The quantitative estimate of drug-likeness (QED) is 0.356. The van der Waals surface area contributed by atoms with Gasteiger partial charge in [-0.25, -0.2) is 4.98 Å². The largest absolute Gasteiger partial charge is 0.493 e. The predicted octanol–water partition coefficient (Wildman–Crippen LogP) is 3.50. The lowest BCUT2D eigenvalue weighted by atomic mass is 10.1. The molecule has 0 unspecified atom stereocenters. The van der Waals surface area contributed by atoms with Gasteiger partial charge in [-0.3, -0.25) is 14.2 Å². The molecule has 0 aliphatic rings. The molecule has 2 N–H and O–H groups in total. The smallest absolute Gasteiger partial charge is 0.278 e. The molecule has 0 aliphatic carbocycles. The monoisotopic (exact) mass is 458 g/mol. The van der Waals surface area contributed by atoms with Crippen molar-refractivity contribution in [3.8, 4) is 11.5 Å². The Bertz CT molecular complexity index is 1150. The fourth-order valence-corrected chi connectivity index (χ4v) is 4.23. The number of amides is 1. The van der Waals surface area contributed by atoms with E-state index in [1.807, 2.05) is 25.1 Å². The molecule has 0 atom stereocenters. The van der Waals surface area contributed by atoms with Crippen molar-refractivity contribution >= 4 is 28.7 Å². The van der Waals surface area contributed by atoms with Gasteiger partial charge in [0.1, 0.15) is 5.52 Å². The number of aromatic amines is 1. The summed E-state index contributed by atoms with van der Waals surface area (Å²) in [5, 5.41) is 3.46. The summed E-state index contributed by atoms with van der Waals surface area (Å²) < 4.78 is 12.4. The van der Waals surface area contributed by atoms with E-state index in [4.69, 9.17) is 9.47 Å². The van der Waals surface area contributed by atoms with Crippen LogP contribution in [0.5, 0.6) is 11.5 Å². The number of nitrogens with one attached hydrogen (secondary N) is 2. The van der Waals surface area contributed by atoms with Gasteiger partial charge in [-0.05, 0) is 31.4 Å². The van der Waals surface area contributed by atoms with E-state index in [1.54, 1.807) is 24.9 Å². The van der Waals surface area contributed by atoms with Crippen LogP contribution in [0.1, 0.15) is 31.5 Å². The third-order valence-electron chi connectivity index (χ3n) is 5.06. The van der Waals surface area contributed by atoms with Crippen LogP contribution in [0.3, 0.4) is 0 Å². The first-order valence-corrected chi connectivity index (χ1v) is 11.5. The van der Waals surface area contributed by atoms with Gasteiger partial charge in [0, 0.05) is 24.3 Å². The molecule has 0 fully saturated rings. The van der Waals surface area contributed by atoms with Gasteiger partial charge in [-0.1, -0.05) is 37.7 Å². The number of para-hydroxylation sites is 1. The molecule has 3 aromatic rings. The Morgan fingerprint density at radius 1 is 1.28 bits per heavy atom. The van der Waals surface area contributed by atoms with Crippen LogP contribution in [-0.2, 0) is 17.9 Å². The highest BCUT2D eigenvalue weighted by Gasteiger charge is 2.16. The molecule has 172 valence electrons. The SMILES string of the molecule is COc1cccc(CNC(=O)CSc2nc3cc(C)[nH]c3c(=O)n2CCC(C)C)c1OC. The molecule has 2 aromatic heterocycles. The molecule has 2 heterocycles. The van der Waals surface area contributed by atoms with Crippen molar-refractivity contribution in [1.82, 2.24) is 19.9 Å². The maximum atomic E-state index is 13.0. The molecule has 9 heteroatoms. The molecule has 1 aromatic carbocycles. The third kappa shape index (κ3) is 5.45. The Balaban J connectivity index is 1.73. The summed E-state index contributed by atoms with van der Waals surface area (Å²) >= 11 is 1.27.